The lowest BCUT2D eigenvalue weighted by molar-refractivity contribution is -0.132. The van der Waals surface area contributed by atoms with Gasteiger partial charge in [-0.15, -0.1) is 5.10 Å². The van der Waals surface area contributed by atoms with E-state index in [1.807, 2.05) is 11.8 Å². The number of hydrogen-bond donors (Lipinski definition) is 0. The Hall–Kier alpha value is -1.50. The Kier molecular flexibility index (Phi) is 4.03. The normalized spacial score (nSPS) is 19.5. The Labute approximate surface area is 99.7 Å². The third-order valence-electron chi connectivity index (χ3n) is 2.93. The highest BCUT2D eigenvalue weighted by molar-refractivity contribution is 5.75. The molecule has 0 N–H and O–H groups in total. The molecule has 2 heterocycles. The Morgan fingerprint density at radius 2 is 2.53 bits per heavy atom. The van der Waals surface area contributed by atoms with Gasteiger partial charge in [-0.05, 0) is 23.8 Å². The van der Waals surface area contributed by atoms with Crippen LogP contribution in [0.4, 0.5) is 0 Å². The summed E-state index contributed by atoms with van der Waals surface area (Å²) >= 11 is 0. The molecule has 1 aliphatic heterocycles. The Bertz CT molecular complexity index is 348. The van der Waals surface area contributed by atoms with Crippen molar-refractivity contribution in [3.05, 3.63) is 6.33 Å². The molecule has 0 saturated carbocycles. The number of carbonyl (C=O) groups excluding carboxylic acids is 1. The fourth-order valence-electron chi connectivity index (χ4n) is 1.94. The molecule has 1 aromatic rings. The Morgan fingerprint density at radius 3 is 3.12 bits per heavy atom. The summed E-state index contributed by atoms with van der Waals surface area (Å²) in [6.45, 7) is 5.22. The van der Waals surface area contributed by atoms with Crippen LogP contribution in [-0.2, 0) is 16.1 Å². The maximum absolute atomic E-state index is 12.0. The molecule has 2 rings (SSSR count). The third-order valence-corrected chi connectivity index (χ3v) is 2.93. The average molecular weight is 239 g/mol. The zero-order valence-corrected chi connectivity index (χ0v) is 9.95. The fourth-order valence-corrected chi connectivity index (χ4v) is 1.94. The van der Waals surface area contributed by atoms with Gasteiger partial charge in [0.25, 0.3) is 0 Å². The van der Waals surface area contributed by atoms with Gasteiger partial charge in [0.2, 0.25) is 5.91 Å². The van der Waals surface area contributed by atoms with E-state index in [0.29, 0.717) is 12.5 Å². The lowest BCUT2D eigenvalue weighted by Crippen LogP contribution is -2.37. The number of aromatic nitrogens is 4. The second-order valence-corrected chi connectivity index (χ2v) is 4.17. The first-order valence-electron chi connectivity index (χ1n) is 5.86. The summed E-state index contributed by atoms with van der Waals surface area (Å²) in [5.74, 6) is 0.513. The van der Waals surface area contributed by atoms with Crippen LogP contribution in [-0.4, -0.2) is 57.3 Å². The second-order valence-electron chi connectivity index (χ2n) is 4.17. The number of hydrogen-bond acceptors (Lipinski definition) is 5. The van der Waals surface area contributed by atoms with Gasteiger partial charge in [0.1, 0.15) is 12.9 Å². The topological polar surface area (TPSA) is 73.1 Å². The summed E-state index contributed by atoms with van der Waals surface area (Å²) in [5.41, 5.74) is 0. The van der Waals surface area contributed by atoms with Crippen LogP contribution in [0.5, 0.6) is 0 Å². The molecule has 0 aromatic carbocycles. The van der Waals surface area contributed by atoms with Gasteiger partial charge >= 0.3 is 0 Å². The molecule has 1 fully saturated rings. The minimum Gasteiger partial charge on any atom is -0.381 e. The van der Waals surface area contributed by atoms with E-state index in [2.05, 4.69) is 15.5 Å². The number of rotatable bonds is 5. The van der Waals surface area contributed by atoms with E-state index in [1.54, 1.807) is 0 Å². The molecular formula is C10H17N5O2. The minimum atomic E-state index is 0.0479. The summed E-state index contributed by atoms with van der Waals surface area (Å²) in [5, 5.41) is 10.7. The minimum absolute atomic E-state index is 0.0479. The van der Waals surface area contributed by atoms with Crippen LogP contribution >= 0.6 is 0 Å². The first-order valence-corrected chi connectivity index (χ1v) is 5.86. The molecule has 0 aliphatic carbocycles. The van der Waals surface area contributed by atoms with Crippen molar-refractivity contribution in [2.24, 2.45) is 5.92 Å². The van der Waals surface area contributed by atoms with Gasteiger partial charge in [-0.2, -0.15) is 0 Å². The van der Waals surface area contributed by atoms with Crippen molar-refractivity contribution in [2.45, 2.75) is 19.9 Å². The Morgan fingerprint density at radius 1 is 1.65 bits per heavy atom. The molecule has 1 aliphatic rings. The Balaban J connectivity index is 1.86. The van der Waals surface area contributed by atoms with Crippen molar-refractivity contribution in [1.82, 2.24) is 25.1 Å². The van der Waals surface area contributed by atoms with Crippen molar-refractivity contribution in [1.29, 1.82) is 0 Å². The molecule has 0 unspecified atom stereocenters. The zero-order valence-electron chi connectivity index (χ0n) is 9.95. The molecule has 1 amide bonds. The second kappa shape index (κ2) is 5.72. The van der Waals surface area contributed by atoms with Crippen LogP contribution in [0, 0.1) is 5.92 Å². The SMILES string of the molecule is CCN(C[C@@H]1CCOC1)C(=O)Cn1cnnn1. The van der Waals surface area contributed by atoms with E-state index < -0.39 is 0 Å². The van der Waals surface area contributed by atoms with E-state index in [-0.39, 0.29) is 12.5 Å². The van der Waals surface area contributed by atoms with E-state index in [1.165, 1.54) is 11.0 Å². The lowest BCUT2D eigenvalue weighted by Gasteiger charge is -2.23. The van der Waals surface area contributed by atoms with E-state index >= 15 is 0 Å². The summed E-state index contributed by atoms with van der Waals surface area (Å²) in [6, 6.07) is 0. The number of carbonyl (C=O) groups is 1. The molecule has 0 radical (unpaired) electrons. The van der Waals surface area contributed by atoms with Gasteiger partial charge < -0.3 is 9.64 Å². The van der Waals surface area contributed by atoms with E-state index in [0.717, 1.165) is 26.2 Å². The standard InChI is InChI=1S/C10H17N5O2/c1-2-14(5-9-3-4-17-7-9)10(16)6-15-8-11-12-13-15/h8-9H,2-7H2,1H3/t9-/m0/s1. The monoisotopic (exact) mass is 239 g/mol. The van der Waals surface area contributed by atoms with Gasteiger partial charge in [-0.25, -0.2) is 4.68 Å². The predicted molar refractivity (Wildman–Crippen MR) is 59.0 cm³/mol. The van der Waals surface area contributed by atoms with Crippen LogP contribution in [0.1, 0.15) is 13.3 Å². The number of likely N-dealkylation sites (N-methyl/N-ethyl adjacent to an activating group) is 1. The van der Waals surface area contributed by atoms with Crippen LogP contribution in [0.25, 0.3) is 0 Å². The lowest BCUT2D eigenvalue weighted by atomic mass is 10.1. The average Bonchev–Trinajstić information content (AvgIpc) is 2.97. The number of ether oxygens (including phenoxy) is 1. The van der Waals surface area contributed by atoms with E-state index in [4.69, 9.17) is 4.74 Å². The quantitative estimate of drug-likeness (QED) is 0.696. The van der Waals surface area contributed by atoms with Crippen molar-refractivity contribution in [3.63, 3.8) is 0 Å². The van der Waals surface area contributed by atoms with Crippen LogP contribution in [0.2, 0.25) is 0 Å². The van der Waals surface area contributed by atoms with Crippen LogP contribution in [0.15, 0.2) is 6.33 Å². The number of nitrogens with zero attached hydrogens (tertiary/aromatic N) is 5. The van der Waals surface area contributed by atoms with Crippen LogP contribution < -0.4 is 0 Å². The molecule has 1 saturated heterocycles. The highest BCUT2D eigenvalue weighted by Gasteiger charge is 2.21. The molecule has 7 nitrogen and oxygen atoms in total. The maximum atomic E-state index is 12.0. The maximum Gasteiger partial charge on any atom is 0.244 e. The first kappa shape index (κ1) is 12.0. The van der Waals surface area contributed by atoms with Gasteiger partial charge in [-0.1, -0.05) is 0 Å². The molecule has 7 heteroatoms. The number of amides is 1. The van der Waals surface area contributed by atoms with Crippen molar-refractivity contribution >= 4 is 5.91 Å². The predicted octanol–water partition coefficient (Wildman–Crippen LogP) is -0.442. The largest absolute Gasteiger partial charge is 0.381 e. The molecule has 94 valence electrons. The van der Waals surface area contributed by atoms with Crippen LogP contribution in [0.3, 0.4) is 0 Å². The van der Waals surface area contributed by atoms with E-state index in [9.17, 15) is 4.79 Å². The van der Waals surface area contributed by atoms with Gasteiger partial charge in [0.05, 0.1) is 6.61 Å². The first-order chi connectivity index (χ1) is 8.29. The highest BCUT2D eigenvalue weighted by atomic mass is 16.5. The zero-order chi connectivity index (χ0) is 12.1. The molecule has 1 aromatic heterocycles. The van der Waals surface area contributed by atoms with Gasteiger partial charge in [-0.3, -0.25) is 4.79 Å². The molecule has 0 spiro atoms. The smallest absolute Gasteiger partial charge is 0.244 e. The molecule has 1 atom stereocenters. The molecule has 0 bridgehead atoms. The third kappa shape index (κ3) is 3.23. The van der Waals surface area contributed by atoms with Crippen molar-refractivity contribution in [2.75, 3.05) is 26.3 Å². The fraction of sp³-hybridized carbons (Fsp3) is 0.800. The summed E-state index contributed by atoms with van der Waals surface area (Å²) in [7, 11) is 0. The van der Waals surface area contributed by atoms with Gasteiger partial charge in [0, 0.05) is 25.6 Å². The van der Waals surface area contributed by atoms with Crippen molar-refractivity contribution < 1.29 is 9.53 Å². The summed E-state index contributed by atoms with van der Waals surface area (Å²) in [4.78, 5) is 13.8. The molecule has 17 heavy (non-hydrogen) atoms. The number of tetrazole rings is 1. The summed E-state index contributed by atoms with van der Waals surface area (Å²) in [6.07, 6.45) is 2.49. The van der Waals surface area contributed by atoms with Gasteiger partial charge in [0.15, 0.2) is 0 Å². The highest BCUT2D eigenvalue weighted by Crippen LogP contribution is 2.14. The molecular weight excluding hydrogens is 222 g/mol. The van der Waals surface area contributed by atoms with Crippen molar-refractivity contribution in [3.8, 4) is 0 Å². The summed E-state index contributed by atoms with van der Waals surface area (Å²) < 4.78 is 6.75.